The van der Waals surface area contributed by atoms with Crippen molar-refractivity contribution in [3.05, 3.63) is 78.9 Å². The third-order valence-corrected chi connectivity index (χ3v) is 5.62. The van der Waals surface area contributed by atoms with Gasteiger partial charge in [-0.2, -0.15) is 0 Å². The summed E-state index contributed by atoms with van der Waals surface area (Å²) in [5, 5.41) is 13.4. The molecule has 0 aliphatic rings. The van der Waals surface area contributed by atoms with Gasteiger partial charge >= 0.3 is 0 Å². The average Bonchev–Trinajstić information content (AvgIpc) is 2.87. The fourth-order valence-electron chi connectivity index (χ4n) is 4.07. The Morgan fingerprint density at radius 1 is 0.500 bits per heavy atom. The molecule has 162 valence electrons. The van der Waals surface area contributed by atoms with Gasteiger partial charge in [0.15, 0.2) is 0 Å². The molecular formula is C27H29N5. The summed E-state index contributed by atoms with van der Waals surface area (Å²) in [6.45, 7) is 0. The molecule has 0 atom stereocenters. The Bertz CT molecular complexity index is 1120. The highest BCUT2D eigenvalue weighted by Gasteiger charge is 2.20. The number of aromatic nitrogens is 1. The quantitative estimate of drug-likeness (QED) is 0.283. The van der Waals surface area contributed by atoms with Crippen molar-refractivity contribution in [2.24, 2.45) is 0 Å². The van der Waals surface area contributed by atoms with Gasteiger partial charge in [-0.05, 0) is 29.3 Å². The van der Waals surface area contributed by atoms with Gasteiger partial charge < -0.3 is 21.3 Å². The predicted octanol–water partition coefficient (Wildman–Crippen LogP) is 6.25. The summed E-state index contributed by atoms with van der Waals surface area (Å²) in [5.41, 5.74) is 10.2. The minimum atomic E-state index is 0.896. The van der Waals surface area contributed by atoms with Crippen molar-refractivity contribution in [1.29, 1.82) is 0 Å². The van der Waals surface area contributed by atoms with Gasteiger partial charge in [0.25, 0.3) is 0 Å². The summed E-state index contributed by atoms with van der Waals surface area (Å²) in [7, 11) is 7.75. The number of nitrogens with zero attached hydrogens (tertiary/aromatic N) is 1. The Labute approximate surface area is 189 Å². The van der Waals surface area contributed by atoms with E-state index in [0.717, 1.165) is 56.4 Å². The molecule has 0 saturated carbocycles. The zero-order chi connectivity index (χ0) is 22.5. The number of hydrogen-bond donors (Lipinski definition) is 4. The lowest BCUT2D eigenvalue weighted by Gasteiger charge is -2.22. The second-order valence-electron chi connectivity index (χ2n) is 7.46. The molecule has 0 bridgehead atoms. The Morgan fingerprint density at radius 3 is 1.50 bits per heavy atom. The van der Waals surface area contributed by atoms with Gasteiger partial charge in [-0.1, -0.05) is 60.7 Å². The molecule has 3 aromatic carbocycles. The number of rotatable bonds is 7. The second-order valence-corrected chi connectivity index (χ2v) is 7.46. The first kappa shape index (κ1) is 21.2. The van der Waals surface area contributed by atoms with Crippen molar-refractivity contribution in [3.8, 4) is 33.6 Å². The van der Waals surface area contributed by atoms with Gasteiger partial charge in [-0.3, -0.25) is 0 Å². The lowest BCUT2D eigenvalue weighted by atomic mass is 9.97. The molecule has 5 nitrogen and oxygen atoms in total. The van der Waals surface area contributed by atoms with Crippen LogP contribution in [-0.2, 0) is 0 Å². The average molecular weight is 424 g/mol. The molecule has 4 rings (SSSR count). The summed E-state index contributed by atoms with van der Waals surface area (Å²) < 4.78 is 0. The maximum atomic E-state index is 5.13. The predicted molar refractivity (Wildman–Crippen MR) is 139 cm³/mol. The molecule has 0 amide bonds. The molecule has 4 aromatic rings. The van der Waals surface area contributed by atoms with Crippen molar-refractivity contribution in [2.75, 3.05) is 49.5 Å². The largest absolute Gasteiger partial charge is 0.386 e. The van der Waals surface area contributed by atoms with Gasteiger partial charge in [0.2, 0.25) is 0 Å². The summed E-state index contributed by atoms with van der Waals surface area (Å²) >= 11 is 0. The molecule has 4 N–H and O–H groups in total. The van der Waals surface area contributed by atoms with E-state index in [1.54, 1.807) is 0 Å². The van der Waals surface area contributed by atoms with Crippen LogP contribution in [0, 0.1) is 0 Å². The van der Waals surface area contributed by atoms with Crippen molar-refractivity contribution in [3.63, 3.8) is 0 Å². The smallest absolute Gasteiger partial charge is 0.0758 e. The molecule has 0 spiro atoms. The highest BCUT2D eigenvalue weighted by Crippen LogP contribution is 2.45. The Kier molecular flexibility index (Phi) is 6.26. The first-order valence-corrected chi connectivity index (χ1v) is 10.8. The van der Waals surface area contributed by atoms with Crippen molar-refractivity contribution < 1.29 is 0 Å². The van der Waals surface area contributed by atoms with Gasteiger partial charge in [0.05, 0.1) is 39.7 Å². The molecule has 0 aliphatic carbocycles. The van der Waals surface area contributed by atoms with Crippen LogP contribution in [0.4, 0.5) is 22.7 Å². The van der Waals surface area contributed by atoms with Crippen LogP contribution in [0.1, 0.15) is 0 Å². The van der Waals surface area contributed by atoms with Gasteiger partial charge in [0, 0.05) is 33.8 Å². The maximum Gasteiger partial charge on any atom is 0.0758 e. The van der Waals surface area contributed by atoms with E-state index in [0.29, 0.717) is 0 Å². The van der Waals surface area contributed by atoms with Crippen LogP contribution in [0.2, 0.25) is 0 Å². The van der Waals surface area contributed by atoms with E-state index in [1.807, 2.05) is 52.5 Å². The van der Waals surface area contributed by atoms with E-state index in [4.69, 9.17) is 4.98 Å². The Hall–Kier alpha value is -3.99. The Balaban J connectivity index is 2.06. The van der Waals surface area contributed by atoms with E-state index in [-0.39, 0.29) is 0 Å². The summed E-state index contributed by atoms with van der Waals surface area (Å²) in [4.78, 5) is 5.13. The SMILES string of the molecule is CNc1cc(NC)c(NC)c(-c2cc(-c3ccccc3)cc(-c3ccccc3)n2)c1NC. The summed E-state index contributed by atoms with van der Waals surface area (Å²) in [5.74, 6) is 0. The van der Waals surface area contributed by atoms with Crippen LogP contribution in [0.5, 0.6) is 0 Å². The first-order chi connectivity index (χ1) is 15.7. The van der Waals surface area contributed by atoms with Crippen LogP contribution in [0.15, 0.2) is 78.9 Å². The van der Waals surface area contributed by atoms with E-state index in [1.165, 1.54) is 0 Å². The molecular weight excluding hydrogens is 394 g/mol. The molecule has 0 aliphatic heterocycles. The Morgan fingerprint density at radius 2 is 1.00 bits per heavy atom. The molecule has 0 radical (unpaired) electrons. The zero-order valence-electron chi connectivity index (χ0n) is 19.0. The van der Waals surface area contributed by atoms with E-state index < -0.39 is 0 Å². The topological polar surface area (TPSA) is 61.0 Å². The number of hydrogen-bond acceptors (Lipinski definition) is 5. The third kappa shape index (κ3) is 3.97. The molecule has 1 aromatic heterocycles. The van der Waals surface area contributed by atoms with Crippen LogP contribution in [0.25, 0.3) is 33.6 Å². The third-order valence-electron chi connectivity index (χ3n) is 5.62. The van der Waals surface area contributed by atoms with E-state index in [2.05, 4.69) is 75.9 Å². The number of pyridine rings is 1. The fraction of sp³-hybridized carbons (Fsp3) is 0.148. The van der Waals surface area contributed by atoms with Crippen LogP contribution >= 0.6 is 0 Å². The highest BCUT2D eigenvalue weighted by atomic mass is 15.0. The maximum absolute atomic E-state index is 5.13. The summed E-state index contributed by atoms with van der Waals surface area (Å²) in [6.07, 6.45) is 0. The molecule has 0 fully saturated rings. The number of nitrogens with one attached hydrogen (secondary N) is 4. The minimum absolute atomic E-state index is 0.896. The van der Waals surface area contributed by atoms with Gasteiger partial charge in [0.1, 0.15) is 0 Å². The summed E-state index contributed by atoms with van der Waals surface area (Å²) in [6, 6.07) is 27.2. The molecule has 0 saturated heterocycles. The fourth-order valence-corrected chi connectivity index (χ4v) is 4.07. The van der Waals surface area contributed by atoms with Crippen molar-refractivity contribution in [1.82, 2.24) is 4.98 Å². The lowest BCUT2D eigenvalue weighted by molar-refractivity contribution is 1.31. The van der Waals surface area contributed by atoms with Crippen LogP contribution in [-0.4, -0.2) is 33.2 Å². The number of benzene rings is 3. The monoisotopic (exact) mass is 423 g/mol. The van der Waals surface area contributed by atoms with Crippen molar-refractivity contribution in [2.45, 2.75) is 0 Å². The molecule has 32 heavy (non-hydrogen) atoms. The van der Waals surface area contributed by atoms with Crippen LogP contribution in [0.3, 0.4) is 0 Å². The number of anilines is 4. The minimum Gasteiger partial charge on any atom is -0.386 e. The second kappa shape index (κ2) is 9.43. The van der Waals surface area contributed by atoms with E-state index in [9.17, 15) is 0 Å². The molecule has 5 heteroatoms. The zero-order valence-corrected chi connectivity index (χ0v) is 19.0. The van der Waals surface area contributed by atoms with Gasteiger partial charge in [-0.15, -0.1) is 0 Å². The van der Waals surface area contributed by atoms with E-state index >= 15 is 0 Å². The normalized spacial score (nSPS) is 10.5. The first-order valence-electron chi connectivity index (χ1n) is 10.8. The van der Waals surface area contributed by atoms with Crippen LogP contribution < -0.4 is 21.3 Å². The molecule has 1 heterocycles. The van der Waals surface area contributed by atoms with Crippen molar-refractivity contribution >= 4 is 22.7 Å². The standard InChI is InChI=1S/C27H29N5/c1-28-23-17-24(29-2)27(31-4)25(26(23)30-3)22-16-20(18-11-7-5-8-12-18)15-21(32-22)19-13-9-6-10-14-19/h5-17,28-31H,1-4H3. The highest BCUT2D eigenvalue weighted by molar-refractivity contribution is 6.01. The molecule has 0 unspecified atom stereocenters. The van der Waals surface area contributed by atoms with Gasteiger partial charge in [-0.25, -0.2) is 4.98 Å². The lowest BCUT2D eigenvalue weighted by Crippen LogP contribution is -2.07.